The van der Waals surface area contributed by atoms with Gasteiger partial charge in [0.15, 0.2) is 5.76 Å². The van der Waals surface area contributed by atoms with Crippen molar-refractivity contribution in [1.29, 1.82) is 0 Å². The van der Waals surface area contributed by atoms with Crippen LogP contribution in [0.2, 0.25) is 0 Å². The Labute approximate surface area is 160 Å². The van der Waals surface area contributed by atoms with E-state index in [4.69, 9.17) is 13.9 Å². The number of hydrogen-bond acceptors (Lipinski definition) is 6. The number of furan rings is 1. The largest absolute Gasteiger partial charge is 0.490 e. The van der Waals surface area contributed by atoms with Gasteiger partial charge in [0.25, 0.3) is 5.91 Å². The van der Waals surface area contributed by atoms with E-state index in [0.29, 0.717) is 9.88 Å². The average molecular weight is 385 g/mol. The molecule has 1 amide bonds. The predicted molar refractivity (Wildman–Crippen MR) is 103 cm³/mol. The van der Waals surface area contributed by atoms with Crippen molar-refractivity contribution in [3.63, 3.8) is 0 Å². The van der Waals surface area contributed by atoms with Crippen molar-refractivity contribution in [1.82, 2.24) is 0 Å². The molecule has 3 aromatic rings. The van der Waals surface area contributed by atoms with Gasteiger partial charge in [-0.15, -0.1) is 11.3 Å². The fourth-order valence-electron chi connectivity index (χ4n) is 2.48. The summed E-state index contributed by atoms with van der Waals surface area (Å²) in [6, 6.07) is 12.4. The number of carbonyl (C=O) groups is 2. The van der Waals surface area contributed by atoms with Crippen molar-refractivity contribution in [2.45, 2.75) is 13.8 Å². The van der Waals surface area contributed by atoms with Crippen LogP contribution >= 0.6 is 11.3 Å². The van der Waals surface area contributed by atoms with E-state index in [0.717, 1.165) is 28.2 Å². The molecule has 1 N–H and O–H groups in total. The number of carbonyl (C=O) groups excluding carboxylic acids is 2. The highest BCUT2D eigenvalue weighted by Crippen LogP contribution is 2.23. The Bertz CT molecular complexity index is 910. The second-order valence-electron chi connectivity index (χ2n) is 5.90. The Morgan fingerprint density at radius 2 is 1.85 bits per heavy atom. The van der Waals surface area contributed by atoms with Crippen LogP contribution in [0, 0.1) is 13.8 Å². The minimum absolute atomic E-state index is 0.137. The number of hydrogen-bond donors (Lipinski definition) is 1. The third-order valence-electron chi connectivity index (χ3n) is 3.57. The Morgan fingerprint density at radius 1 is 1.07 bits per heavy atom. The lowest BCUT2D eigenvalue weighted by atomic mass is 10.1. The zero-order valence-corrected chi connectivity index (χ0v) is 15.8. The molecule has 0 spiro atoms. The molecule has 7 heteroatoms. The second kappa shape index (κ2) is 8.55. The van der Waals surface area contributed by atoms with Gasteiger partial charge in [-0.05, 0) is 61.4 Å². The molecule has 0 atom stereocenters. The summed E-state index contributed by atoms with van der Waals surface area (Å²) in [5, 5.41) is 3.21. The van der Waals surface area contributed by atoms with Gasteiger partial charge >= 0.3 is 5.97 Å². The number of amides is 1. The molecule has 1 aromatic carbocycles. The first-order chi connectivity index (χ1) is 13.0. The molecular weight excluding hydrogens is 366 g/mol. The van der Waals surface area contributed by atoms with Gasteiger partial charge in [-0.3, -0.25) is 4.79 Å². The highest BCUT2D eigenvalue weighted by Gasteiger charge is 2.14. The summed E-state index contributed by atoms with van der Waals surface area (Å²) >= 11 is 1.14. The van der Waals surface area contributed by atoms with Crippen LogP contribution in [-0.2, 0) is 4.74 Å². The molecule has 2 aromatic heterocycles. The van der Waals surface area contributed by atoms with Crippen LogP contribution in [0.3, 0.4) is 0 Å². The van der Waals surface area contributed by atoms with E-state index in [-0.39, 0.29) is 24.9 Å². The molecule has 0 radical (unpaired) electrons. The number of ether oxygens (including phenoxy) is 2. The zero-order valence-electron chi connectivity index (χ0n) is 15.0. The predicted octanol–water partition coefficient (Wildman–Crippen LogP) is 4.45. The summed E-state index contributed by atoms with van der Waals surface area (Å²) in [7, 11) is 0. The third-order valence-corrected chi connectivity index (χ3v) is 4.55. The van der Waals surface area contributed by atoms with Crippen molar-refractivity contribution >= 4 is 28.2 Å². The first-order valence-electron chi connectivity index (χ1n) is 8.34. The van der Waals surface area contributed by atoms with Gasteiger partial charge in [0.2, 0.25) is 0 Å². The lowest BCUT2D eigenvalue weighted by Gasteiger charge is -2.08. The quantitative estimate of drug-likeness (QED) is 0.480. The SMILES string of the molecule is Cc1cc(C)cc(OCCOC(=O)c2ccc(NC(=O)c3ccco3)s2)c1. The average Bonchev–Trinajstić information content (AvgIpc) is 3.29. The topological polar surface area (TPSA) is 77.8 Å². The van der Waals surface area contributed by atoms with Gasteiger partial charge < -0.3 is 19.2 Å². The Kier molecular flexibility index (Phi) is 5.93. The molecule has 0 aliphatic carbocycles. The van der Waals surface area contributed by atoms with Crippen molar-refractivity contribution in [3.05, 3.63) is 70.5 Å². The van der Waals surface area contributed by atoms with Crippen LogP contribution in [0.15, 0.2) is 53.1 Å². The smallest absolute Gasteiger partial charge is 0.348 e. The fraction of sp³-hybridized carbons (Fsp3) is 0.200. The fourth-order valence-corrected chi connectivity index (χ4v) is 3.27. The van der Waals surface area contributed by atoms with E-state index in [1.54, 1.807) is 24.3 Å². The summed E-state index contributed by atoms with van der Waals surface area (Å²) in [4.78, 5) is 24.4. The molecule has 0 fully saturated rings. The molecule has 6 nitrogen and oxygen atoms in total. The van der Waals surface area contributed by atoms with E-state index >= 15 is 0 Å². The summed E-state index contributed by atoms with van der Waals surface area (Å²) in [5.74, 6) is 0.129. The summed E-state index contributed by atoms with van der Waals surface area (Å²) in [6.45, 7) is 4.40. The molecule has 0 saturated heterocycles. The number of anilines is 1. The maximum Gasteiger partial charge on any atom is 0.348 e. The van der Waals surface area contributed by atoms with Crippen molar-refractivity contribution in [2.24, 2.45) is 0 Å². The van der Waals surface area contributed by atoms with Gasteiger partial charge in [0.1, 0.15) is 23.8 Å². The van der Waals surface area contributed by atoms with Crippen LogP contribution in [-0.4, -0.2) is 25.1 Å². The minimum atomic E-state index is -0.456. The number of benzene rings is 1. The van der Waals surface area contributed by atoms with Gasteiger partial charge in [0.05, 0.1) is 11.3 Å². The molecule has 3 rings (SSSR count). The Hall–Kier alpha value is -3.06. The lowest BCUT2D eigenvalue weighted by Crippen LogP contribution is -2.11. The van der Waals surface area contributed by atoms with Crippen LogP contribution in [0.1, 0.15) is 31.4 Å². The highest BCUT2D eigenvalue weighted by atomic mass is 32.1. The third kappa shape index (κ3) is 5.21. The van der Waals surface area contributed by atoms with E-state index in [1.165, 1.54) is 6.26 Å². The molecule has 0 unspecified atom stereocenters. The summed E-state index contributed by atoms with van der Waals surface area (Å²) < 4.78 is 15.9. The summed E-state index contributed by atoms with van der Waals surface area (Å²) in [5.41, 5.74) is 2.23. The number of aryl methyl sites for hydroxylation is 2. The van der Waals surface area contributed by atoms with Crippen LogP contribution < -0.4 is 10.1 Å². The molecule has 140 valence electrons. The first kappa shape index (κ1) is 18.7. The monoisotopic (exact) mass is 385 g/mol. The maximum absolute atomic E-state index is 12.1. The normalized spacial score (nSPS) is 10.4. The number of rotatable bonds is 7. The number of nitrogens with one attached hydrogen (secondary N) is 1. The van der Waals surface area contributed by atoms with Crippen molar-refractivity contribution in [2.75, 3.05) is 18.5 Å². The number of thiophene rings is 1. The molecule has 27 heavy (non-hydrogen) atoms. The van der Waals surface area contributed by atoms with Crippen LogP contribution in [0.25, 0.3) is 0 Å². The van der Waals surface area contributed by atoms with E-state index < -0.39 is 5.97 Å². The van der Waals surface area contributed by atoms with Gasteiger partial charge in [-0.1, -0.05) is 6.07 Å². The van der Waals surface area contributed by atoms with Crippen LogP contribution in [0.5, 0.6) is 5.75 Å². The molecule has 0 saturated carbocycles. The zero-order chi connectivity index (χ0) is 19.2. The Balaban J connectivity index is 1.46. The van der Waals surface area contributed by atoms with E-state index in [2.05, 4.69) is 11.4 Å². The van der Waals surface area contributed by atoms with Gasteiger partial charge in [0, 0.05) is 0 Å². The van der Waals surface area contributed by atoms with Crippen molar-refractivity contribution < 1.29 is 23.5 Å². The van der Waals surface area contributed by atoms with E-state index in [9.17, 15) is 9.59 Å². The van der Waals surface area contributed by atoms with E-state index in [1.807, 2.05) is 26.0 Å². The maximum atomic E-state index is 12.1. The molecular formula is C20H19NO5S. The number of esters is 1. The Morgan fingerprint density at radius 3 is 2.56 bits per heavy atom. The van der Waals surface area contributed by atoms with Crippen molar-refractivity contribution in [3.8, 4) is 5.75 Å². The summed E-state index contributed by atoms with van der Waals surface area (Å²) in [6.07, 6.45) is 1.42. The minimum Gasteiger partial charge on any atom is -0.490 e. The van der Waals surface area contributed by atoms with Crippen LogP contribution in [0.4, 0.5) is 5.00 Å². The molecule has 0 bridgehead atoms. The first-order valence-corrected chi connectivity index (χ1v) is 9.16. The highest BCUT2D eigenvalue weighted by molar-refractivity contribution is 7.18. The standard InChI is InChI=1S/C20H19NO5S/c1-13-10-14(2)12-15(11-13)24-8-9-26-20(23)17-5-6-18(27-17)21-19(22)16-4-3-7-25-16/h3-7,10-12H,8-9H2,1-2H3,(H,21,22). The van der Waals surface area contributed by atoms with Gasteiger partial charge in [-0.2, -0.15) is 0 Å². The van der Waals surface area contributed by atoms with Gasteiger partial charge in [-0.25, -0.2) is 4.79 Å². The molecule has 0 aliphatic rings. The molecule has 0 aliphatic heterocycles. The second-order valence-corrected chi connectivity index (χ2v) is 6.99. The molecule has 2 heterocycles. The lowest BCUT2D eigenvalue weighted by molar-refractivity contribution is 0.0456.